The molecule has 1 fully saturated rings. The molecule has 1 aliphatic rings. The van der Waals surface area contributed by atoms with Crippen LogP contribution < -0.4 is 0 Å². The van der Waals surface area contributed by atoms with E-state index in [0.717, 1.165) is 52.3 Å². The van der Waals surface area contributed by atoms with E-state index in [1.807, 2.05) is 66.7 Å². The van der Waals surface area contributed by atoms with Crippen LogP contribution in [0.4, 0.5) is 4.39 Å². The van der Waals surface area contributed by atoms with E-state index in [4.69, 9.17) is 16.7 Å². The standard InChI is InChI=1S/C27H20ClFN2O2/c28-22-4-2-1-3-20(22)26(18-10-11-18)25(17-8-5-16(6-9-17)7-14-24(32)33)19-12-13-23-21(15-19)27(29)31-30-23/h1-9,12-15,18H,10-11H2,(H,30,31)(H,32,33). The van der Waals surface area contributed by atoms with Crippen molar-refractivity contribution in [1.29, 1.82) is 0 Å². The highest BCUT2D eigenvalue weighted by atomic mass is 35.5. The summed E-state index contributed by atoms with van der Waals surface area (Å²) < 4.78 is 14.3. The lowest BCUT2D eigenvalue weighted by Gasteiger charge is -2.18. The van der Waals surface area contributed by atoms with Gasteiger partial charge in [0.2, 0.25) is 5.95 Å². The molecule has 6 heteroatoms. The Balaban J connectivity index is 1.74. The van der Waals surface area contributed by atoms with Gasteiger partial charge in [-0.05, 0) is 76.4 Å². The summed E-state index contributed by atoms with van der Waals surface area (Å²) in [4.78, 5) is 10.9. The summed E-state index contributed by atoms with van der Waals surface area (Å²) in [6, 6.07) is 21.1. The van der Waals surface area contributed by atoms with Gasteiger partial charge in [0.1, 0.15) is 0 Å². The monoisotopic (exact) mass is 458 g/mol. The van der Waals surface area contributed by atoms with Crippen molar-refractivity contribution in [1.82, 2.24) is 10.2 Å². The fourth-order valence-electron chi connectivity index (χ4n) is 4.15. The first kappa shape index (κ1) is 21.2. The van der Waals surface area contributed by atoms with Crippen molar-refractivity contribution >= 4 is 45.7 Å². The van der Waals surface area contributed by atoms with Crippen LogP contribution in [-0.2, 0) is 4.79 Å². The van der Waals surface area contributed by atoms with Crippen molar-refractivity contribution in [2.45, 2.75) is 12.8 Å². The number of benzene rings is 3. The van der Waals surface area contributed by atoms with Gasteiger partial charge in [0.25, 0.3) is 0 Å². The Morgan fingerprint density at radius 3 is 2.48 bits per heavy atom. The zero-order valence-electron chi connectivity index (χ0n) is 17.6. The van der Waals surface area contributed by atoms with Gasteiger partial charge < -0.3 is 5.11 Å². The van der Waals surface area contributed by atoms with Crippen LogP contribution in [0.2, 0.25) is 5.02 Å². The summed E-state index contributed by atoms with van der Waals surface area (Å²) in [6.45, 7) is 0. The number of rotatable bonds is 6. The highest BCUT2D eigenvalue weighted by Gasteiger charge is 2.31. The van der Waals surface area contributed by atoms with E-state index in [-0.39, 0.29) is 0 Å². The van der Waals surface area contributed by atoms with Crippen LogP contribution in [0, 0.1) is 11.9 Å². The number of H-pyrrole nitrogens is 1. The third-order valence-electron chi connectivity index (χ3n) is 5.84. The van der Waals surface area contributed by atoms with Crippen LogP contribution in [0.15, 0.2) is 72.8 Å². The van der Waals surface area contributed by atoms with E-state index >= 15 is 0 Å². The highest BCUT2D eigenvalue weighted by molar-refractivity contribution is 6.32. The third kappa shape index (κ3) is 4.32. The number of hydrogen-bond donors (Lipinski definition) is 2. The Morgan fingerprint density at radius 2 is 1.79 bits per heavy atom. The van der Waals surface area contributed by atoms with Gasteiger partial charge in [-0.25, -0.2) is 4.79 Å². The number of aliphatic carboxylic acids is 1. The van der Waals surface area contributed by atoms with Crippen LogP contribution in [0.1, 0.15) is 35.1 Å². The summed E-state index contributed by atoms with van der Waals surface area (Å²) in [5, 5.41) is 16.4. The molecule has 164 valence electrons. The van der Waals surface area contributed by atoms with Crippen molar-refractivity contribution in [3.8, 4) is 0 Å². The summed E-state index contributed by atoms with van der Waals surface area (Å²) in [7, 11) is 0. The minimum atomic E-state index is -0.996. The molecule has 0 radical (unpaired) electrons. The molecule has 4 aromatic rings. The van der Waals surface area contributed by atoms with E-state index in [2.05, 4.69) is 10.2 Å². The van der Waals surface area contributed by atoms with Gasteiger partial charge >= 0.3 is 5.97 Å². The van der Waals surface area contributed by atoms with E-state index in [1.165, 1.54) is 0 Å². The smallest absolute Gasteiger partial charge is 0.328 e. The predicted octanol–water partition coefficient (Wildman–Crippen LogP) is 6.82. The minimum absolute atomic E-state index is 0.358. The molecule has 1 aromatic heterocycles. The normalized spacial score (nSPS) is 14.6. The molecule has 0 bridgehead atoms. The Kier molecular flexibility index (Phi) is 5.56. The van der Waals surface area contributed by atoms with Crippen LogP contribution in [-0.4, -0.2) is 21.3 Å². The first-order valence-corrected chi connectivity index (χ1v) is 11.0. The lowest BCUT2D eigenvalue weighted by molar-refractivity contribution is -0.131. The largest absolute Gasteiger partial charge is 0.478 e. The number of carbonyl (C=O) groups is 1. The highest BCUT2D eigenvalue weighted by Crippen LogP contribution is 2.49. The molecule has 0 amide bonds. The molecule has 1 aliphatic carbocycles. The van der Waals surface area contributed by atoms with Gasteiger partial charge in [-0.1, -0.05) is 60.1 Å². The maximum atomic E-state index is 14.3. The van der Waals surface area contributed by atoms with Gasteiger partial charge in [-0.2, -0.15) is 4.39 Å². The van der Waals surface area contributed by atoms with E-state index in [9.17, 15) is 9.18 Å². The molecule has 3 aromatic carbocycles. The Morgan fingerprint density at radius 1 is 1.06 bits per heavy atom. The summed E-state index contributed by atoms with van der Waals surface area (Å²) in [5.74, 6) is -1.17. The van der Waals surface area contributed by atoms with Crippen LogP contribution in [0.25, 0.3) is 28.1 Å². The molecule has 0 saturated heterocycles. The molecule has 0 spiro atoms. The summed E-state index contributed by atoms with van der Waals surface area (Å²) in [6.07, 6.45) is 4.79. The maximum absolute atomic E-state index is 14.3. The van der Waals surface area contributed by atoms with Crippen LogP contribution in [0.3, 0.4) is 0 Å². The molecule has 5 rings (SSSR count). The van der Waals surface area contributed by atoms with Crippen molar-refractivity contribution in [2.24, 2.45) is 5.92 Å². The molecule has 1 heterocycles. The Bertz CT molecular complexity index is 1420. The third-order valence-corrected chi connectivity index (χ3v) is 6.17. The molecule has 0 atom stereocenters. The van der Waals surface area contributed by atoms with Gasteiger partial charge in [-0.15, -0.1) is 5.10 Å². The van der Waals surface area contributed by atoms with E-state index in [1.54, 1.807) is 6.08 Å². The van der Waals surface area contributed by atoms with Crippen molar-refractivity contribution in [3.05, 3.63) is 106 Å². The number of hydrogen-bond acceptors (Lipinski definition) is 2. The zero-order valence-corrected chi connectivity index (χ0v) is 18.3. The maximum Gasteiger partial charge on any atom is 0.328 e. The quantitative estimate of drug-likeness (QED) is 0.246. The molecule has 0 unspecified atom stereocenters. The number of nitrogens with zero attached hydrogens (tertiary/aromatic N) is 1. The number of allylic oxidation sites excluding steroid dienone is 1. The average Bonchev–Trinajstić information content (AvgIpc) is 3.59. The molecule has 2 N–H and O–H groups in total. The molecule has 0 aliphatic heterocycles. The predicted molar refractivity (Wildman–Crippen MR) is 129 cm³/mol. The van der Waals surface area contributed by atoms with Crippen LogP contribution >= 0.6 is 11.6 Å². The topological polar surface area (TPSA) is 66.0 Å². The molecule has 1 saturated carbocycles. The number of carboxylic acids is 1. The van der Waals surface area contributed by atoms with Gasteiger partial charge in [0, 0.05) is 11.1 Å². The number of aromatic nitrogens is 2. The van der Waals surface area contributed by atoms with E-state index < -0.39 is 11.9 Å². The fraction of sp³-hybridized carbons (Fsp3) is 0.111. The number of nitrogens with one attached hydrogen (secondary N) is 1. The lowest BCUT2D eigenvalue weighted by atomic mass is 9.86. The van der Waals surface area contributed by atoms with Crippen molar-refractivity contribution in [3.63, 3.8) is 0 Å². The first-order chi connectivity index (χ1) is 16.0. The number of halogens is 2. The first-order valence-electron chi connectivity index (χ1n) is 10.7. The molecular formula is C27H20ClFN2O2. The summed E-state index contributed by atoms with van der Waals surface area (Å²) >= 11 is 6.63. The van der Waals surface area contributed by atoms with Gasteiger partial charge in [0.15, 0.2) is 0 Å². The second kappa shape index (κ2) is 8.68. The molecular weight excluding hydrogens is 439 g/mol. The fourth-order valence-corrected chi connectivity index (χ4v) is 4.39. The van der Waals surface area contributed by atoms with Gasteiger partial charge in [-0.3, -0.25) is 5.10 Å². The zero-order chi connectivity index (χ0) is 22.9. The molecule has 33 heavy (non-hydrogen) atoms. The minimum Gasteiger partial charge on any atom is -0.478 e. The lowest BCUT2D eigenvalue weighted by Crippen LogP contribution is -1.98. The SMILES string of the molecule is O=C(O)C=Cc1ccc(C(=C(c2ccccc2Cl)C2CC2)c2ccc3[nH]nc(F)c3c2)cc1. The second-order valence-corrected chi connectivity index (χ2v) is 8.52. The Labute approximate surface area is 195 Å². The number of aromatic amines is 1. The van der Waals surface area contributed by atoms with Crippen LogP contribution in [0.5, 0.6) is 0 Å². The van der Waals surface area contributed by atoms with Crippen molar-refractivity contribution < 1.29 is 14.3 Å². The van der Waals surface area contributed by atoms with E-state index in [0.29, 0.717) is 21.8 Å². The summed E-state index contributed by atoms with van der Waals surface area (Å²) in [5.41, 5.74) is 6.34. The second-order valence-electron chi connectivity index (χ2n) is 8.11. The number of fused-ring (bicyclic) bond motifs is 1. The number of carboxylic acid groups (broad SMARTS) is 1. The molecule has 4 nitrogen and oxygen atoms in total. The Hall–Kier alpha value is -3.70. The van der Waals surface area contributed by atoms with Gasteiger partial charge in [0.05, 0.1) is 10.9 Å². The average molecular weight is 459 g/mol. The van der Waals surface area contributed by atoms with Crippen molar-refractivity contribution in [2.75, 3.05) is 0 Å².